The molecule has 2 amide bonds. The Morgan fingerprint density at radius 2 is 1.45 bits per heavy atom. The molecular formula is C28H21ClN2O2. The molecule has 0 saturated carbocycles. The molecule has 0 spiro atoms. The molecule has 2 N–H and O–H groups in total. The monoisotopic (exact) mass is 452 g/mol. The molecule has 0 heterocycles. The number of fused-ring (bicyclic) bond motifs is 1. The van der Waals surface area contributed by atoms with Gasteiger partial charge in [-0.15, -0.1) is 0 Å². The zero-order valence-electron chi connectivity index (χ0n) is 17.7. The Labute approximate surface area is 197 Å². The molecule has 0 unspecified atom stereocenters. The van der Waals surface area contributed by atoms with Gasteiger partial charge >= 0.3 is 0 Å². The van der Waals surface area contributed by atoms with Gasteiger partial charge in [-0.05, 0) is 46.7 Å². The van der Waals surface area contributed by atoms with Crippen LogP contribution in [0.1, 0.15) is 15.9 Å². The maximum absolute atomic E-state index is 13.1. The molecule has 162 valence electrons. The van der Waals surface area contributed by atoms with Gasteiger partial charge in [0, 0.05) is 5.69 Å². The van der Waals surface area contributed by atoms with Crippen LogP contribution in [-0.2, 0) is 4.79 Å². The van der Waals surface area contributed by atoms with Crippen LogP contribution in [0, 0.1) is 0 Å². The summed E-state index contributed by atoms with van der Waals surface area (Å²) in [6.45, 7) is 0. The summed E-state index contributed by atoms with van der Waals surface area (Å²) in [6, 6.07) is 29.9. The van der Waals surface area contributed by atoms with Crippen LogP contribution in [0.5, 0.6) is 0 Å². The van der Waals surface area contributed by atoms with E-state index in [0.29, 0.717) is 10.7 Å². The van der Waals surface area contributed by atoms with Crippen LogP contribution in [0.3, 0.4) is 0 Å². The van der Waals surface area contributed by atoms with Crippen molar-refractivity contribution >= 4 is 46.0 Å². The van der Waals surface area contributed by atoms with E-state index in [0.717, 1.165) is 16.3 Å². The summed E-state index contributed by atoms with van der Waals surface area (Å²) in [5.41, 5.74) is 1.99. The molecule has 0 fully saturated rings. The molecule has 0 aromatic heterocycles. The maximum Gasteiger partial charge on any atom is 0.272 e. The molecule has 0 aliphatic heterocycles. The second-order valence-electron chi connectivity index (χ2n) is 7.30. The predicted octanol–water partition coefficient (Wildman–Crippen LogP) is 6.46. The highest BCUT2D eigenvalue weighted by Crippen LogP contribution is 2.20. The minimum atomic E-state index is -0.464. The summed E-state index contributed by atoms with van der Waals surface area (Å²) in [5, 5.41) is 7.94. The van der Waals surface area contributed by atoms with Gasteiger partial charge in [-0.3, -0.25) is 9.59 Å². The van der Waals surface area contributed by atoms with E-state index in [4.69, 9.17) is 11.6 Å². The number of benzene rings is 4. The fraction of sp³-hybridized carbons (Fsp3) is 0. The molecule has 4 nitrogen and oxygen atoms in total. The summed E-state index contributed by atoms with van der Waals surface area (Å²) in [6.07, 6.45) is 5.14. The molecule has 4 rings (SSSR count). The van der Waals surface area contributed by atoms with Gasteiger partial charge in [-0.2, -0.15) is 0 Å². The van der Waals surface area contributed by atoms with Gasteiger partial charge in [0.15, 0.2) is 0 Å². The van der Waals surface area contributed by atoms with Gasteiger partial charge in [0.2, 0.25) is 0 Å². The van der Waals surface area contributed by atoms with Crippen molar-refractivity contribution in [2.24, 2.45) is 0 Å². The first-order valence-corrected chi connectivity index (χ1v) is 10.8. The Morgan fingerprint density at radius 3 is 2.24 bits per heavy atom. The third-order valence-corrected chi connectivity index (χ3v) is 5.30. The zero-order chi connectivity index (χ0) is 23.0. The summed E-state index contributed by atoms with van der Waals surface area (Å²) in [7, 11) is 0. The first-order chi connectivity index (χ1) is 16.1. The highest BCUT2D eigenvalue weighted by Gasteiger charge is 2.16. The van der Waals surface area contributed by atoms with E-state index in [1.807, 2.05) is 78.9 Å². The second kappa shape index (κ2) is 10.4. The van der Waals surface area contributed by atoms with Gasteiger partial charge in [0.05, 0.1) is 10.6 Å². The summed E-state index contributed by atoms with van der Waals surface area (Å²) in [4.78, 5) is 25.9. The summed E-state index contributed by atoms with van der Waals surface area (Å²) in [5.74, 6) is -0.906. The third-order valence-electron chi connectivity index (χ3n) is 4.97. The normalized spacial score (nSPS) is 11.5. The second-order valence-corrected chi connectivity index (χ2v) is 7.71. The fourth-order valence-electron chi connectivity index (χ4n) is 3.29. The van der Waals surface area contributed by atoms with E-state index < -0.39 is 11.8 Å². The minimum absolute atomic E-state index is 0.0975. The lowest BCUT2D eigenvalue weighted by molar-refractivity contribution is -0.113. The van der Waals surface area contributed by atoms with E-state index >= 15 is 0 Å². The van der Waals surface area contributed by atoms with E-state index in [9.17, 15) is 9.59 Å². The summed E-state index contributed by atoms with van der Waals surface area (Å²) < 4.78 is 0. The Morgan fingerprint density at radius 1 is 0.758 bits per heavy atom. The van der Waals surface area contributed by atoms with Crippen LogP contribution in [0.25, 0.3) is 16.8 Å². The fourth-order valence-corrected chi connectivity index (χ4v) is 3.52. The van der Waals surface area contributed by atoms with Gasteiger partial charge in [-0.1, -0.05) is 96.5 Å². The largest absolute Gasteiger partial charge is 0.321 e. The topological polar surface area (TPSA) is 58.2 Å². The smallest absolute Gasteiger partial charge is 0.272 e. The van der Waals surface area contributed by atoms with Crippen LogP contribution in [0.2, 0.25) is 5.02 Å². The minimum Gasteiger partial charge on any atom is -0.321 e. The Kier molecular flexibility index (Phi) is 6.98. The van der Waals surface area contributed by atoms with Crippen molar-refractivity contribution in [1.82, 2.24) is 5.32 Å². The van der Waals surface area contributed by atoms with Crippen LogP contribution >= 0.6 is 11.6 Å². The molecule has 5 heteroatoms. The number of anilines is 1. The van der Waals surface area contributed by atoms with Crippen molar-refractivity contribution in [3.8, 4) is 0 Å². The number of carbonyl (C=O) groups excluding carboxylic acids is 2. The van der Waals surface area contributed by atoms with Crippen molar-refractivity contribution in [1.29, 1.82) is 0 Å². The van der Waals surface area contributed by atoms with Crippen molar-refractivity contribution in [2.75, 3.05) is 5.32 Å². The average Bonchev–Trinajstić information content (AvgIpc) is 2.84. The molecule has 4 aromatic carbocycles. The maximum atomic E-state index is 13.1. The molecule has 33 heavy (non-hydrogen) atoms. The van der Waals surface area contributed by atoms with Crippen LogP contribution in [-0.4, -0.2) is 11.8 Å². The highest BCUT2D eigenvalue weighted by atomic mass is 35.5. The zero-order valence-corrected chi connectivity index (χ0v) is 18.4. The number of halogens is 1. The van der Waals surface area contributed by atoms with Crippen molar-refractivity contribution in [3.63, 3.8) is 0 Å². The van der Waals surface area contributed by atoms with Crippen molar-refractivity contribution in [2.45, 2.75) is 0 Å². The first kappa shape index (κ1) is 22.1. The van der Waals surface area contributed by atoms with E-state index in [1.165, 1.54) is 0 Å². The Balaban J connectivity index is 1.59. The third kappa shape index (κ3) is 5.76. The first-order valence-electron chi connectivity index (χ1n) is 10.4. The predicted molar refractivity (Wildman–Crippen MR) is 135 cm³/mol. The number of hydrogen-bond acceptors (Lipinski definition) is 2. The van der Waals surface area contributed by atoms with Gasteiger partial charge in [0.1, 0.15) is 5.70 Å². The number of allylic oxidation sites excluding steroid dienone is 2. The number of rotatable bonds is 6. The Hall–Kier alpha value is -4.15. The molecule has 0 radical (unpaired) electrons. The molecular weight excluding hydrogens is 432 g/mol. The quantitative estimate of drug-likeness (QED) is 0.260. The molecule has 0 aliphatic rings. The van der Waals surface area contributed by atoms with E-state index in [2.05, 4.69) is 10.6 Å². The van der Waals surface area contributed by atoms with Gasteiger partial charge < -0.3 is 10.6 Å². The van der Waals surface area contributed by atoms with Crippen LogP contribution < -0.4 is 10.6 Å². The SMILES string of the molecule is O=C(Nc1ccc2ccccc2c1)/C(=C\C=C\c1ccccc1)NC(=O)c1ccccc1Cl. The summed E-state index contributed by atoms with van der Waals surface area (Å²) >= 11 is 6.16. The number of nitrogens with one attached hydrogen (secondary N) is 2. The molecule has 4 aromatic rings. The van der Waals surface area contributed by atoms with Crippen molar-refractivity contribution < 1.29 is 9.59 Å². The number of carbonyl (C=O) groups is 2. The Bertz CT molecular complexity index is 1360. The molecule has 0 saturated heterocycles. The standard InChI is InChI=1S/C28H21ClN2O2/c29-25-15-7-6-14-24(25)27(32)31-26(16-8-11-20-9-2-1-3-10-20)28(33)30-23-18-17-21-12-4-5-13-22(21)19-23/h1-19H,(H,30,33)(H,31,32)/b11-8+,26-16+. The lowest BCUT2D eigenvalue weighted by Crippen LogP contribution is -2.31. The van der Waals surface area contributed by atoms with Gasteiger partial charge in [0.25, 0.3) is 11.8 Å². The number of hydrogen-bond donors (Lipinski definition) is 2. The molecule has 0 bridgehead atoms. The van der Waals surface area contributed by atoms with Crippen molar-refractivity contribution in [3.05, 3.63) is 131 Å². The van der Waals surface area contributed by atoms with Gasteiger partial charge in [-0.25, -0.2) is 0 Å². The van der Waals surface area contributed by atoms with Crippen LogP contribution in [0.4, 0.5) is 5.69 Å². The van der Waals surface area contributed by atoms with E-state index in [1.54, 1.807) is 36.4 Å². The lowest BCUT2D eigenvalue weighted by atomic mass is 10.1. The van der Waals surface area contributed by atoms with E-state index in [-0.39, 0.29) is 11.3 Å². The molecule has 0 atom stereocenters. The molecule has 0 aliphatic carbocycles. The lowest BCUT2D eigenvalue weighted by Gasteiger charge is -2.12. The highest BCUT2D eigenvalue weighted by molar-refractivity contribution is 6.34. The average molecular weight is 453 g/mol. The van der Waals surface area contributed by atoms with Crippen LogP contribution in [0.15, 0.2) is 115 Å². The number of amides is 2.